The van der Waals surface area contributed by atoms with E-state index in [1.54, 1.807) is 0 Å². The van der Waals surface area contributed by atoms with Gasteiger partial charge in [-0.05, 0) is 37.6 Å². The molecule has 0 bridgehead atoms. The van der Waals surface area contributed by atoms with Crippen LogP contribution in [-0.4, -0.2) is 18.5 Å². The van der Waals surface area contributed by atoms with Gasteiger partial charge >= 0.3 is 6.18 Å². The highest BCUT2D eigenvalue weighted by atomic mass is 79.9. The molecule has 0 aliphatic carbocycles. The number of benzene rings is 1. The van der Waals surface area contributed by atoms with Crippen molar-refractivity contribution in [3.05, 3.63) is 28.2 Å². The van der Waals surface area contributed by atoms with E-state index in [0.29, 0.717) is 6.42 Å². The van der Waals surface area contributed by atoms with Crippen LogP contribution in [0.15, 0.2) is 22.7 Å². The molecule has 8 heteroatoms. The van der Waals surface area contributed by atoms with Crippen LogP contribution in [0.2, 0.25) is 0 Å². The second kappa shape index (κ2) is 6.78. The zero-order chi connectivity index (χ0) is 14.0. The van der Waals surface area contributed by atoms with Crippen molar-refractivity contribution < 1.29 is 18.0 Å². The Kier molecular flexibility index (Phi) is 5.85. The number of nitrogens with one attached hydrogen (secondary N) is 2. The highest BCUT2D eigenvalue weighted by molar-refractivity contribution is 9.10. The molecule has 1 aromatic rings. The van der Waals surface area contributed by atoms with Crippen LogP contribution >= 0.6 is 28.3 Å². The van der Waals surface area contributed by atoms with Crippen molar-refractivity contribution in [3.63, 3.8) is 0 Å². The monoisotopic (exact) mass is 372 g/mol. The van der Waals surface area contributed by atoms with E-state index in [2.05, 4.69) is 26.6 Å². The molecule has 20 heavy (non-hydrogen) atoms. The molecular weight excluding hydrogens is 360 g/mol. The Morgan fingerprint density at radius 3 is 2.60 bits per heavy atom. The molecule has 1 aliphatic heterocycles. The first-order chi connectivity index (χ1) is 8.86. The Morgan fingerprint density at radius 2 is 2.05 bits per heavy atom. The maximum Gasteiger partial charge on any atom is 0.416 e. The number of anilines is 1. The number of hydrogen-bond acceptors (Lipinski definition) is 2. The van der Waals surface area contributed by atoms with E-state index in [-0.39, 0.29) is 34.5 Å². The molecule has 2 rings (SSSR count). The average molecular weight is 374 g/mol. The van der Waals surface area contributed by atoms with Crippen LogP contribution in [0.4, 0.5) is 18.9 Å². The van der Waals surface area contributed by atoms with Crippen LogP contribution < -0.4 is 10.6 Å². The van der Waals surface area contributed by atoms with Gasteiger partial charge in [-0.15, -0.1) is 12.4 Å². The summed E-state index contributed by atoms with van der Waals surface area (Å²) in [5.41, 5.74) is -0.656. The molecule has 1 atom stereocenters. The predicted octanol–water partition coefficient (Wildman–Crippen LogP) is 3.58. The van der Waals surface area contributed by atoms with Crippen molar-refractivity contribution in [1.82, 2.24) is 5.32 Å². The quantitative estimate of drug-likeness (QED) is 0.832. The number of carbonyl (C=O) groups excluding carboxylic acids is 1. The minimum absolute atomic E-state index is 0. The molecule has 1 aliphatic rings. The van der Waals surface area contributed by atoms with E-state index in [1.165, 1.54) is 6.07 Å². The Bertz CT molecular complexity index is 490. The van der Waals surface area contributed by atoms with Crippen LogP contribution in [0.1, 0.15) is 18.4 Å². The summed E-state index contributed by atoms with van der Waals surface area (Å²) in [6, 6.07) is 3.02. The summed E-state index contributed by atoms with van der Waals surface area (Å²) in [6.07, 6.45) is -2.84. The summed E-state index contributed by atoms with van der Waals surface area (Å²) in [5, 5.41) is 5.50. The SMILES string of the molecule is Cl.O=C(Nc1cc(Br)cc(C(F)(F)F)c1)[C@@H]1CCCN1. The van der Waals surface area contributed by atoms with E-state index < -0.39 is 11.7 Å². The standard InChI is InChI=1S/C12H12BrF3N2O.ClH/c13-8-4-7(12(14,15)16)5-9(6-8)18-11(19)10-2-1-3-17-10;/h4-6,10,17H,1-3H2,(H,18,19);1H/t10-;/m0./s1. The topological polar surface area (TPSA) is 41.1 Å². The molecule has 1 saturated heterocycles. The molecule has 0 aromatic heterocycles. The molecule has 0 radical (unpaired) electrons. The van der Waals surface area contributed by atoms with Gasteiger partial charge < -0.3 is 10.6 Å². The number of amides is 1. The van der Waals surface area contributed by atoms with Crippen LogP contribution in [-0.2, 0) is 11.0 Å². The predicted molar refractivity (Wildman–Crippen MR) is 76.0 cm³/mol. The molecular formula is C12H13BrClF3N2O. The molecule has 0 unspecified atom stereocenters. The van der Waals surface area contributed by atoms with Crippen LogP contribution in [0.25, 0.3) is 0 Å². The van der Waals surface area contributed by atoms with Crippen molar-refractivity contribution in [2.24, 2.45) is 0 Å². The Hall–Kier alpha value is -0.790. The summed E-state index contributed by atoms with van der Waals surface area (Å²) in [7, 11) is 0. The van der Waals surface area contributed by atoms with Gasteiger partial charge in [0.05, 0.1) is 11.6 Å². The van der Waals surface area contributed by atoms with E-state index in [0.717, 1.165) is 25.1 Å². The first-order valence-corrected chi connectivity index (χ1v) is 6.57. The molecule has 0 spiro atoms. The third kappa shape index (κ3) is 4.36. The maximum atomic E-state index is 12.6. The minimum Gasteiger partial charge on any atom is -0.325 e. The number of rotatable bonds is 2. The first-order valence-electron chi connectivity index (χ1n) is 5.78. The fraction of sp³-hybridized carbons (Fsp3) is 0.417. The number of alkyl halides is 3. The third-order valence-corrected chi connectivity index (χ3v) is 3.33. The average Bonchev–Trinajstić information content (AvgIpc) is 2.80. The Balaban J connectivity index is 0.00000200. The van der Waals surface area contributed by atoms with E-state index >= 15 is 0 Å². The number of hydrogen-bond donors (Lipinski definition) is 2. The van der Waals surface area contributed by atoms with Crippen LogP contribution in [0, 0.1) is 0 Å². The van der Waals surface area contributed by atoms with Gasteiger partial charge in [0.15, 0.2) is 0 Å². The molecule has 0 saturated carbocycles. The maximum absolute atomic E-state index is 12.6. The molecule has 1 fully saturated rings. The smallest absolute Gasteiger partial charge is 0.325 e. The van der Waals surface area contributed by atoms with E-state index in [1.807, 2.05) is 0 Å². The molecule has 1 aromatic carbocycles. The highest BCUT2D eigenvalue weighted by Gasteiger charge is 2.31. The third-order valence-electron chi connectivity index (χ3n) is 2.87. The van der Waals surface area contributed by atoms with Crippen molar-refractivity contribution in [1.29, 1.82) is 0 Å². The van der Waals surface area contributed by atoms with Gasteiger partial charge in [-0.25, -0.2) is 0 Å². The van der Waals surface area contributed by atoms with Crippen LogP contribution in [0.5, 0.6) is 0 Å². The van der Waals surface area contributed by atoms with Gasteiger partial charge in [0.2, 0.25) is 5.91 Å². The van der Waals surface area contributed by atoms with Gasteiger partial charge in [0.1, 0.15) is 0 Å². The van der Waals surface area contributed by atoms with Gasteiger partial charge in [0, 0.05) is 10.2 Å². The lowest BCUT2D eigenvalue weighted by Crippen LogP contribution is -2.35. The second-order valence-corrected chi connectivity index (χ2v) is 5.28. The van der Waals surface area contributed by atoms with Crippen LogP contribution in [0.3, 0.4) is 0 Å². The fourth-order valence-electron chi connectivity index (χ4n) is 1.96. The normalized spacial score (nSPS) is 18.5. The van der Waals surface area contributed by atoms with Crippen molar-refractivity contribution >= 4 is 39.9 Å². The Morgan fingerprint density at radius 1 is 1.35 bits per heavy atom. The van der Waals surface area contributed by atoms with Gasteiger partial charge in [0.25, 0.3) is 0 Å². The van der Waals surface area contributed by atoms with Crippen molar-refractivity contribution in [3.8, 4) is 0 Å². The van der Waals surface area contributed by atoms with Gasteiger partial charge in [-0.2, -0.15) is 13.2 Å². The summed E-state index contributed by atoms with van der Waals surface area (Å²) in [5.74, 6) is -0.302. The molecule has 3 nitrogen and oxygen atoms in total. The Labute approximate surface area is 128 Å². The highest BCUT2D eigenvalue weighted by Crippen LogP contribution is 2.33. The fourth-order valence-corrected chi connectivity index (χ4v) is 2.46. The summed E-state index contributed by atoms with van der Waals surface area (Å²) >= 11 is 3.01. The zero-order valence-corrected chi connectivity index (χ0v) is 12.7. The number of halogens is 5. The van der Waals surface area contributed by atoms with E-state index in [9.17, 15) is 18.0 Å². The molecule has 1 amide bonds. The minimum atomic E-state index is -4.44. The summed E-state index contributed by atoms with van der Waals surface area (Å²) in [6.45, 7) is 0.754. The number of carbonyl (C=O) groups is 1. The van der Waals surface area contributed by atoms with Crippen molar-refractivity contribution in [2.45, 2.75) is 25.1 Å². The first kappa shape index (κ1) is 17.3. The molecule has 2 N–H and O–H groups in total. The molecule has 112 valence electrons. The lowest BCUT2D eigenvalue weighted by atomic mass is 10.1. The lowest BCUT2D eigenvalue weighted by molar-refractivity contribution is -0.137. The largest absolute Gasteiger partial charge is 0.416 e. The van der Waals surface area contributed by atoms with E-state index in [4.69, 9.17) is 0 Å². The zero-order valence-electron chi connectivity index (χ0n) is 10.3. The van der Waals surface area contributed by atoms with Gasteiger partial charge in [-0.3, -0.25) is 4.79 Å². The van der Waals surface area contributed by atoms with Crippen molar-refractivity contribution in [2.75, 3.05) is 11.9 Å². The van der Waals surface area contributed by atoms with Gasteiger partial charge in [-0.1, -0.05) is 15.9 Å². The summed E-state index contributed by atoms with van der Waals surface area (Å²) in [4.78, 5) is 11.8. The summed E-state index contributed by atoms with van der Waals surface area (Å²) < 4.78 is 38.2. The second-order valence-electron chi connectivity index (χ2n) is 4.36. The lowest BCUT2D eigenvalue weighted by Gasteiger charge is -2.13. The molecule has 1 heterocycles.